The van der Waals surface area contributed by atoms with Gasteiger partial charge in [-0.3, -0.25) is 4.57 Å². The molecule has 0 N–H and O–H groups in total. The van der Waals surface area contributed by atoms with Crippen molar-refractivity contribution in [3.05, 3.63) is 194 Å². The van der Waals surface area contributed by atoms with Gasteiger partial charge in [-0.25, -0.2) is 0 Å². The molecule has 0 radical (unpaired) electrons. The van der Waals surface area contributed by atoms with Crippen molar-refractivity contribution in [3.8, 4) is 27.9 Å². The second-order valence-corrected chi connectivity index (χ2v) is 14.7. The van der Waals surface area contributed by atoms with E-state index in [1.54, 1.807) is 0 Å². The van der Waals surface area contributed by atoms with Crippen LogP contribution in [0.3, 0.4) is 0 Å². The van der Waals surface area contributed by atoms with Crippen LogP contribution in [0.1, 0.15) is 0 Å². The SMILES string of the molecule is c1ccc(-c2ccc(N(c3ccc(-c4cccc5c4c4c6ccccc6oc4n5-c4ccccc4)cc3)c3cccc4c3sc3ccccc34)cc2)cc1. The molecule has 3 heterocycles. The Morgan fingerprint density at radius 2 is 1.06 bits per heavy atom. The highest BCUT2D eigenvalue weighted by molar-refractivity contribution is 7.26. The molecule has 254 valence electrons. The van der Waals surface area contributed by atoms with Crippen molar-refractivity contribution in [1.82, 2.24) is 4.57 Å². The molecule has 8 aromatic carbocycles. The van der Waals surface area contributed by atoms with Crippen LogP contribution in [0, 0.1) is 0 Å². The molecule has 11 rings (SSSR count). The van der Waals surface area contributed by atoms with Gasteiger partial charge in [0.2, 0.25) is 5.71 Å². The summed E-state index contributed by atoms with van der Waals surface area (Å²) in [6, 6.07) is 69.5. The van der Waals surface area contributed by atoms with Crippen LogP contribution in [-0.4, -0.2) is 4.57 Å². The van der Waals surface area contributed by atoms with Gasteiger partial charge in [-0.1, -0.05) is 133 Å². The lowest BCUT2D eigenvalue weighted by atomic mass is 9.98. The van der Waals surface area contributed by atoms with Crippen molar-refractivity contribution in [3.63, 3.8) is 0 Å². The van der Waals surface area contributed by atoms with Gasteiger partial charge in [0, 0.05) is 43.3 Å². The van der Waals surface area contributed by atoms with Gasteiger partial charge in [0.05, 0.1) is 21.3 Å². The Hall–Kier alpha value is -6.88. The second-order valence-electron chi connectivity index (χ2n) is 13.7. The summed E-state index contributed by atoms with van der Waals surface area (Å²) < 4.78 is 11.4. The number of benzene rings is 8. The zero-order valence-corrected chi connectivity index (χ0v) is 30.0. The molecule has 3 aromatic heterocycles. The monoisotopic (exact) mass is 708 g/mol. The summed E-state index contributed by atoms with van der Waals surface area (Å²) in [5, 5.41) is 6.03. The van der Waals surface area contributed by atoms with Gasteiger partial charge in [0.15, 0.2) is 0 Å². The average molecular weight is 709 g/mol. The van der Waals surface area contributed by atoms with Crippen molar-refractivity contribution < 1.29 is 4.42 Å². The molecule has 0 saturated heterocycles. The minimum Gasteiger partial charge on any atom is -0.439 e. The first-order valence-corrected chi connectivity index (χ1v) is 19.1. The maximum Gasteiger partial charge on any atom is 0.213 e. The van der Waals surface area contributed by atoms with Gasteiger partial charge >= 0.3 is 0 Å². The lowest BCUT2D eigenvalue weighted by Crippen LogP contribution is -2.10. The summed E-state index contributed by atoms with van der Waals surface area (Å²) in [7, 11) is 0. The van der Waals surface area contributed by atoms with Crippen LogP contribution in [0.25, 0.3) is 81.1 Å². The topological polar surface area (TPSA) is 21.3 Å². The van der Waals surface area contributed by atoms with Crippen LogP contribution in [0.2, 0.25) is 0 Å². The Morgan fingerprint density at radius 1 is 0.444 bits per heavy atom. The quantitative estimate of drug-likeness (QED) is 0.171. The number of fused-ring (bicyclic) bond motifs is 8. The Morgan fingerprint density at radius 3 is 1.83 bits per heavy atom. The number of thiophene rings is 1. The molecule has 0 aliphatic rings. The van der Waals surface area contributed by atoms with Gasteiger partial charge in [-0.2, -0.15) is 0 Å². The zero-order valence-electron chi connectivity index (χ0n) is 29.2. The fraction of sp³-hybridized carbons (Fsp3) is 0. The Kier molecular flexibility index (Phi) is 7.04. The number of hydrogen-bond acceptors (Lipinski definition) is 3. The van der Waals surface area contributed by atoms with E-state index in [2.05, 4.69) is 198 Å². The number of rotatable bonds is 6. The first kappa shape index (κ1) is 30.7. The van der Waals surface area contributed by atoms with Crippen molar-refractivity contribution in [2.75, 3.05) is 4.90 Å². The van der Waals surface area contributed by atoms with E-state index in [0.29, 0.717) is 0 Å². The predicted molar refractivity (Wildman–Crippen MR) is 229 cm³/mol. The third-order valence-corrected chi connectivity index (χ3v) is 11.8. The summed E-state index contributed by atoms with van der Waals surface area (Å²) in [6.45, 7) is 0. The minimum atomic E-state index is 0.864. The molecule has 0 fully saturated rings. The predicted octanol–water partition coefficient (Wildman–Crippen LogP) is 14.7. The van der Waals surface area contributed by atoms with Crippen LogP contribution in [0.15, 0.2) is 199 Å². The highest BCUT2D eigenvalue weighted by Crippen LogP contribution is 2.47. The fourth-order valence-corrected chi connectivity index (χ4v) is 9.37. The lowest BCUT2D eigenvalue weighted by molar-refractivity contribution is 0.645. The van der Waals surface area contributed by atoms with Gasteiger partial charge in [-0.15, -0.1) is 11.3 Å². The standard InChI is InChI=1S/C50H32N2OS/c1-3-13-33(14-4-1)34-25-29-37(30-26-34)51(44-22-12-20-41-40-17-8-10-24-46(40)54-49(41)44)38-31-27-35(28-32-38)39-19-11-21-43-47(39)48-42-18-7-9-23-45(42)53-50(48)52(43)36-15-5-2-6-16-36/h1-32H. The van der Waals surface area contributed by atoms with Gasteiger partial charge in [-0.05, 0) is 82.9 Å². The first-order chi connectivity index (χ1) is 26.8. The summed E-state index contributed by atoms with van der Waals surface area (Å²) in [6.07, 6.45) is 0. The normalized spacial score (nSPS) is 11.7. The van der Waals surface area contributed by atoms with E-state index in [1.807, 2.05) is 17.4 Å². The van der Waals surface area contributed by atoms with E-state index >= 15 is 0 Å². The van der Waals surface area contributed by atoms with Crippen molar-refractivity contribution in [2.24, 2.45) is 0 Å². The van der Waals surface area contributed by atoms with Crippen molar-refractivity contribution in [2.45, 2.75) is 0 Å². The Bertz CT molecular complexity index is 3140. The third-order valence-electron chi connectivity index (χ3n) is 10.6. The van der Waals surface area contributed by atoms with E-state index in [4.69, 9.17) is 4.42 Å². The summed E-state index contributed by atoms with van der Waals surface area (Å²) in [5.74, 6) is 0. The fourth-order valence-electron chi connectivity index (χ4n) is 8.16. The maximum atomic E-state index is 6.61. The molecule has 54 heavy (non-hydrogen) atoms. The number of nitrogens with zero attached hydrogens (tertiary/aromatic N) is 2. The molecule has 0 atom stereocenters. The van der Waals surface area contributed by atoms with E-state index in [9.17, 15) is 0 Å². The molecule has 0 amide bonds. The number of furan rings is 1. The maximum absolute atomic E-state index is 6.61. The van der Waals surface area contributed by atoms with E-state index in [1.165, 1.54) is 47.9 Å². The largest absolute Gasteiger partial charge is 0.439 e. The van der Waals surface area contributed by atoms with E-state index in [0.717, 1.165) is 50.2 Å². The average Bonchev–Trinajstić information content (AvgIpc) is 3.91. The molecule has 3 nitrogen and oxygen atoms in total. The molecular formula is C50H32N2OS. The van der Waals surface area contributed by atoms with Crippen LogP contribution in [-0.2, 0) is 0 Å². The van der Waals surface area contributed by atoms with Gasteiger partial charge in [0.25, 0.3) is 0 Å². The molecule has 0 spiro atoms. The summed E-state index contributed by atoms with van der Waals surface area (Å²) in [4.78, 5) is 2.41. The lowest BCUT2D eigenvalue weighted by Gasteiger charge is -2.26. The number of hydrogen-bond donors (Lipinski definition) is 0. The van der Waals surface area contributed by atoms with E-state index < -0.39 is 0 Å². The highest BCUT2D eigenvalue weighted by Gasteiger charge is 2.23. The van der Waals surface area contributed by atoms with Gasteiger partial charge in [0.1, 0.15) is 5.58 Å². The Balaban J connectivity index is 1.09. The first-order valence-electron chi connectivity index (χ1n) is 18.3. The summed E-state index contributed by atoms with van der Waals surface area (Å²) >= 11 is 1.86. The molecule has 0 unspecified atom stereocenters. The van der Waals surface area contributed by atoms with Crippen molar-refractivity contribution >= 4 is 81.5 Å². The molecular weight excluding hydrogens is 677 g/mol. The van der Waals surface area contributed by atoms with Crippen LogP contribution >= 0.6 is 11.3 Å². The zero-order chi connectivity index (χ0) is 35.6. The van der Waals surface area contributed by atoms with Crippen LogP contribution < -0.4 is 4.90 Å². The minimum absolute atomic E-state index is 0.864. The number of para-hydroxylation sites is 2. The van der Waals surface area contributed by atoms with Gasteiger partial charge < -0.3 is 9.32 Å². The summed E-state index contributed by atoms with van der Waals surface area (Å²) in [5.41, 5.74) is 12.1. The van der Waals surface area contributed by atoms with Crippen LogP contribution in [0.5, 0.6) is 0 Å². The van der Waals surface area contributed by atoms with Crippen LogP contribution in [0.4, 0.5) is 17.1 Å². The van der Waals surface area contributed by atoms with E-state index in [-0.39, 0.29) is 0 Å². The van der Waals surface area contributed by atoms with Crippen molar-refractivity contribution in [1.29, 1.82) is 0 Å². The molecule has 0 aliphatic heterocycles. The molecule has 0 bridgehead atoms. The molecule has 0 saturated carbocycles. The number of aromatic nitrogens is 1. The smallest absolute Gasteiger partial charge is 0.213 e. The molecule has 0 aliphatic carbocycles. The number of anilines is 3. The second kappa shape index (κ2) is 12.4. The Labute approximate surface area is 316 Å². The highest BCUT2D eigenvalue weighted by atomic mass is 32.1. The molecule has 4 heteroatoms. The molecule has 11 aromatic rings. The third kappa shape index (κ3) is 4.81.